The molecule has 10 rings (SSSR count). The summed E-state index contributed by atoms with van der Waals surface area (Å²) in [4.78, 5) is 77.6. The van der Waals surface area contributed by atoms with E-state index in [0.717, 1.165) is 34.6 Å². The van der Waals surface area contributed by atoms with Gasteiger partial charge in [-0.05, 0) is 0 Å². The molecule has 828 valence electrons. The van der Waals surface area contributed by atoms with Crippen LogP contribution in [0.5, 0.6) is 0 Å². The van der Waals surface area contributed by atoms with Gasteiger partial charge in [0.1, 0.15) is 262 Å². The van der Waals surface area contributed by atoms with Crippen molar-refractivity contribution >= 4 is 35.5 Å². The van der Waals surface area contributed by atoms with Crippen LogP contribution >= 0.6 is 0 Å². The van der Waals surface area contributed by atoms with Gasteiger partial charge in [0.05, 0.1) is 91.4 Å². The molecule has 0 aromatic carbocycles. The molecule has 0 aliphatic carbocycles. The van der Waals surface area contributed by atoms with Gasteiger partial charge in [0.15, 0.2) is 56.6 Å². The minimum Gasteiger partial charge on any atom is -0.477 e. The SMILES string of the molecule is CC(=O)N[C@H]1[C@H](O[C@H]2[C@@H](O)[C@@H](CO)O[C@@H](O[C@@H]([C@H](O)[C@@H](O)CO)[C@H](O)CO)[C@@H]2O)O[C@H](CO)[C@@H](O[C@@H]2O[C@H](CO)[C@H](O)[C@H](O[C@@H]3O[C@H](CO)[C@@H](O[C@@H]4O[C@H](CO)[C@H](O)[C@H](O[C@@H]5O[C@H](CO)[C@@H](O[C@@H]6O[C@H](CO)[C@H](O)[C@H](O[C@@H]7O[C@H](CO)[C@@H](O[C@@H]8O[C@H](CO)[C@H](O)[C@H](O[C@]9(C(=O)O)C[C@H](O)[C@@H](NC(C)=O)[C@H]([C@H](O)[C@H](O)CO)O9)[C@H]8O)[C@H](O)[C@H]7NC(C)=O)[C@H]6O)[C@H](O)[C@H]5NC(C)=O)[C@H]4O)[C@H](O)[C@H]3NC(C)=O)[C@H]2O)[C@@H]1O. The molecule has 10 heterocycles. The Morgan fingerprint density at radius 3 is 0.769 bits per heavy atom. The van der Waals surface area contributed by atoms with E-state index < -0.39 is 458 Å². The predicted molar refractivity (Wildman–Crippen MR) is 440 cm³/mol. The first-order chi connectivity index (χ1) is 67.5. The van der Waals surface area contributed by atoms with E-state index in [9.17, 15) is 197 Å². The molecule has 38 N–H and O–H groups in total. The van der Waals surface area contributed by atoms with Gasteiger partial charge >= 0.3 is 5.97 Å². The quantitative estimate of drug-likeness (QED) is 0.0270. The third-order valence-corrected chi connectivity index (χ3v) is 25.6. The number of hydrogen-bond donors (Lipinski definition) is 38. The Labute approximate surface area is 808 Å². The number of aliphatic carboxylic acids is 1. The molecular weight excluding hydrogens is 1960 g/mol. The van der Waals surface area contributed by atoms with E-state index >= 15 is 0 Å². The van der Waals surface area contributed by atoms with E-state index in [0.29, 0.717) is 0 Å². The number of hydrogen-bond acceptors (Lipinski definition) is 58. The van der Waals surface area contributed by atoms with Crippen molar-refractivity contribution < 1.29 is 292 Å². The normalized spacial score (nSPS) is 45.5. The van der Waals surface area contributed by atoms with Gasteiger partial charge in [0.2, 0.25) is 29.5 Å². The molecule has 10 aliphatic rings. The van der Waals surface area contributed by atoms with Crippen LogP contribution in [0.25, 0.3) is 0 Å². The lowest BCUT2D eigenvalue weighted by atomic mass is 9.88. The number of carbonyl (C=O) groups excluding carboxylic acids is 5. The number of aliphatic hydroxyl groups excluding tert-OH is 32. The second-order valence-electron chi connectivity index (χ2n) is 35.7. The fourth-order valence-corrected chi connectivity index (χ4v) is 18.3. The van der Waals surface area contributed by atoms with Gasteiger partial charge in [0.25, 0.3) is 5.79 Å². The number of carboxylic acid groups (broad SMARTS) is 1. The first kappa shape index (κ1) is 120. The third kappa shape index (κ3) is 26.9. The fourth-order valence-electron chi connectivity index (χ4n) is 18.3. The van der Waals surface area contributed by atoms with Gasteiger partial charge in [0, 0.05) is 41.0 Å². The highest BCUT2D eigenvalue weighted by Gasteiger charge is 2.65. The molecule has 0 unspecified atom stereocenters. The summed E-state index contributed by atoms with van der Waals surface area (Å²) in [5.41, 5.74) is 0. The Hall–Kier alpha value is -5.26. The van der Waals surface area contributed by atoms with Crippen LogP contribution in [0, 0.1) is 0 Å². The molecule has 0 spiro atoms. The molecule has 5 amide bonds. The lowest BCUT2D eigenvalue weighted by molar-refractivity contribution is -0.392. The van der Waals surface area contributed by atoms with E-state index in [1.54, 1.807) is 0 Å². The number of nitrogens with one attached hydrogen (secondary N) is 5. The van der Waals surface area contributed by atoms with Crippen molar-refractivity contribution in [1.29, 1.82) is 0 Å². The Morgan fingerprint density at radius 1 is 0.287 bits per heavy atom. The monoisotopic (exact) mass is 2100 g/mol. The van der Waals surface area contributed by atoms with E-state index in [4.69, 9.17) is 94.7 Å². The lowest BCUT2D eigenvalue weighted by Gasteiger charge is -2.51. The minimum atomic E-state index is -3.29. The largest absolute Gasteiger partial charge is 0.477 e. The van der Waals surface area contributed by atoms with Crippen molar-refractivity contribution in [3.05, 3.63) is 0 Å². The highest BCUT2D eigenvalue weighted by Crippen LogP contribution is 2.44. The standard InChI is InChI=1S/C79H133N5O59/c1-19(97)80-37-24(102)6-79(78(122)123,142-63(37)43(107)26(104)8-86)143-68-48(112)32(14-92)128-77(57(68)121)137-62-36(18-96)132-72(41(52(62)116)84-23(5)101)141-67-47(111)31(13-91)127-76(56(67)120)136-61-35(17-95)131-71(40(51(61)115)83-22(4)100)140-66-46(110)30(12-90)126-75(55(66)119)135-60-34(16-94)130-70(39(50(60)114)82-21(3)99)139-65-45(109)29(11-89)125-74(54(65)118)134-59-33(15-93)129-69(38(49(59)113)81-20(2)98)138-64-44(108)28(10-88)124-73(53(64)117)133-58(27(105)9-87)42(106)25(103)7-85/h24-77,85-96,102-121H,6-18H2,1-5H3,(H,80,97)(H,81,98)(H,82,99)(H,83,100)(H,84,101)(H,122,123)/t24-,25-,26+,27+,28+,29+,30+,31+,32+,33+,34+,35+,36+,37+,38+,39+,40+,41+,42+,43+,44-,45-,46-,47-,48-,49+,50+,51+,52+,53+,54+,55+,56+,57+,58+,59+,60+,61+,62+,63+,64-,65-,66-,67-,68-,69-,70-,71-,72-,73-,74-,75-,76-,77-,79-/m0/s1. The maximum Gasteiger partial charge on any atom is 0.364 e. The Bertz CT molecular complexity index is 3980. The van der Waals surface area contributed by atoms with Crippen molar-refractivity contribution in [2.24, 2.45) is 0 Å². The van der Waals surface area contributed by atoms with Gasteiger partial charge in [-0.15, -0.1) is 0 Å². The second-order valence-corrected chi connectivity index (χ2v) is 35.7. The molecule has 64 nitrogen and oxygen atoms in total. The molecule has 0 aromatic heterocycles. The number of carbonyl (C=O) groups is 6. The number of rotatable bonds is 43. The molecule has 143 heavy (non-hydrogen) atoms. The lowest BCUT2D eigenvalue weighted by Crippen LogP contribution is -2.71. The molecule has 0 saturated carbocycles. The summed E-state index contributed by atoms with van der Waals surface area (Å²) < 4.78 is 117. The molecule has 0 aromatic rings. The van der Waals surface area contributed by atoms with Crippen LogP contribution < -0.4 is 26.6 Å². The zero-order valence-corrected chi connectivity index (χ0v) is 76.7. The number of carboxylic acids is 1. The summed E-state index contributed by atoms with van der Waals surface area (Å²) in [6.45, 7) is -9.78. The van der Waals surface area contributed by atoms with Crippen LogP contribution in [0.2, 0.25) is 0 Å². The van der Waals surface area contributed by atoms with Crippen LogP contribution in [-0.2, 0) is 124 Å². The van der Waals surface area contributed by atoms with Crippen LogP contribution in [-0.4, -0.2) is 620 Å². The summed E-state index contributed by atoms with van der Waals surface area (Å²) in [6, 6.07) is -9.80. The van der Waals surface area contributed by atoms with Gasteiger partial charge in [-0.3, -0.25) is 24.0 Å². The zero-order valence-electron chi connectivity index (χ0n) is 76.7. The Balaban J connectivity index is 0.825. The first-order valence-corrected chi connectivity index (χ1v) is 45.2. The van der Waals surface area contributed by atoms with Crippen LogP contribution in [0.4, 0.5) is 0 Å². The number of ether oxygens (including phenoxy) is 20. The molecule has 10 saturated heterocycles. The molecule has 10 aliphatic heterocycles. The molecule has 10 fully saturated rings. The van der Waals surface area contributed by atoms with Gasteiger partial charge in [-0.2, -0.15) is 0 Å². The van der Waals surface area contributed by atoms with Crippen LogP contribution in [0.15, 0.2) is 0 Å². The maximum atomic E-state index is 13.2. The molecule has 0 radical (unpaired) electrons. The van der Waals surface area contributed by atoms with Crippen molar-refractivity contribution in [3.8, 4) is 0 Å². The second kappa shape index (κ2) is 52.7. The number of amides is 5. The molecule has 0 bridgehead atoms. The molecular formula is C79H133N5O59. The number of aliphatic hydroxyl groups is 32. The van der Waals surface area contributed by atoms with E-state index in [1.807, 2.05) is 0 Å². The molecule has 55 atom stereocenters. The fraction of sp³-hybridized carbons (Fsp3) is 0.924. The van der Waals surface area contributed by atoms with E-state index in [2.05, 4.69) is 26.6 Å². The summed E-state index contributed by atoms with van der Waals surface area (Å²) in [5.74, 6) is -10.3. The third-order valence-electron chi connectivity index (χ3n) is 25.6. The maximum absolute atomic E-state index is 13.2. The smallest absolute Gasteiger partial charge is 0.364 e. The van der Waals surface area contributed by atoms with Gasteiger partial charge < -0.3 is 290 Å². The van der Waals surface area contributed by atoms with Gasteiger partial charge in [-0.1, -0.05) is 0 Å². The molecule has 64 heteroatoms. The van der Waals surface area contributed by atoms with Crippen molar-refractivity contribution in [2.45, 2.75) is 378 Å². The average Bonchev–Trinajstić information content (AvgIpc) is 0.749. The van der Waals surface area contributed by atoms with E-state index in [-0.39, 0.29) is 0 Å². The van der Waals surface area contributed by atoms with Crippen molar-refractivity contribution in [3.63, 3.8) is 0 Å². The summed E-state index contributed by atoms with van der Waals surface area (Å²) >= 11 is 0. The summed E-state index contributed by atoms with van der Waals surface area (Å²) in [7, 11) is 0. The minimum absolute atomic E-state index is 0.876. The highest BCUT2D eigenvalue weighted by molar-refractivity contribution is 5.77. The van der Waals surface area contributed by atoms with Crippen molar-refractivity contribution in [2.75, 3.05) is 79.3 Å². The highest BCUT2D eigenvalue weighted by atomic mass is 16.8. The summed E-state index contributed by atoms with van der Waals surface area (Å²) in [5, 5.41) is 378. The van der Waals surface area contributed by atoms with Gasteiger partial charge in [-0.25, -0.2) is 4.79 Å². The van der Waals surface area contributed by atoms with E-state index in [1.165, 1.54) is 0 Å². The van der Waals surface area contributed by atoms with Crippen LogP contribution in [0.1, 0.15) is 41.0 Å². The average molecular weight is 2100 g/mol. The zero-order chi connectivity index (χ0) is 106. The predicted octanol–water partition coefficient (Wildman–Crippen LogP) is -25.4. The van der Waals surface area contributed by atoms with Crippen molar-refractivity contribution in [1.82, 2.24) is 26.6 Å². The van der Waals surface area contributed by atoms with Crippen LogP contribution in [0.3, 0.4) is 0 Å². The summed E-state index contributed by atoms with van der Waals surface area (Å²) in [6.07, 6.45) is -108. The first-order valence-electron chi connectivity index (χ1n) is 45.2. The topological polar surface area (TPSA) is 1010 Å². The Kier molecular flexibility index (Phi) is 44.0. The Morgan fingerprint density at radius 2 is 0.517 bits per heavy atom.